The highest BCUT2D eigenvalue weighted by atomic mass is 15.1. The smallest absolute Gasteiger partial charge is 0.0713 e. The van der Waals surface area contributed by atoms with Crippen LogP contribution in [0.4, 0.5) is 17.1 Å². The zero-order chi connectivity index (χ0) is 45.1. The summed E-state index contributed by atoms with van der Waals surface area (Å²) in [5.74, 6) is 0. The molecule has 0 N–H and O–H groups in total. The molecule has 2 nitrogen and oxygen atoms in total. The second kappa shape index (κ2) is 14.5. The Morgan fingerprint density at radius 3 is 1.62 bits per heavy atom. The van der Waals surface area contributed by atoms with Crippen molar-refractivity contribution in [2.45, 2.75) is 24.7 Å². The Hall–Kier alpha value is -8.46. The van der Waals surface area contributed by atoms with Gasteiger partial charge >= 0.3 is 0 Å². The summed E-state index contributed by atoms with van der Waals surface area (Å²) in [6, 6.07) is 90.2. The first kappa shape index (κ1) is 38.8. The van der Waals surface area contributed by atoms with Gasteiger partial charge in [-0.25, -0.2) is 0 Å². The lowest BCUT2D eigenvalue weighted by Crippen LogP contribution is -2.28. The van der Waals surface area contributed by atoms with Crippen LogP contribution in [0.2, 0.25) is 0 Å². The molecular weight excluding hydrogens is 821 g/mol. The molecule has 0 bridgehead atoms. The Kier molecular flexibility index (Phi) is 8.28. The van der Waals surface area contributed by atoms with E-state index in [4.69, 9.17) is 0 Å². The van der Waals surface area contributed by atoms with Crippen LogP contribution in [0, 0.1) is 0 Å². The van der Waals surface area contributed by atoms with Gasteiger partial charge in [0, 0.05) is 44.3 Å². The van der Waals surface area contributed by atoms with Crippen LogP contribution in [0.15, 0.2) is 243 Å². The molecule has 0 saturated heterocycles. The van der Waals surface area contributed by atoms with Crippen LogP contribution in [0.25, 0.3) is 71.3 Å². The maximum atomic E-state index is 2.58. The van der Waals surface area contributed by atoms with Gasteiger partial charge in [-0.05, 0) is 120 Å². The quantitative estimate of drug-likeness (QED) is 0.162. The number of nitrogens with zero attached hydrogens (tertiary/aromatic N) is 2. The second-order valence-corrected chi connectivity index (χ2v) is 19.2. The topological polar surface area (TPSA) is 8.17 Å². The van der Waals surface area contributed by atoms with Crippen molar-refractivity contribution >= 4 is 60.4 Å². The number of rotatable bonds is 6. The van der Waals surface area contributed by atoms with Crippen LogP contribution in [-0.2, 0) is 10.8 Å². The summed E-state index contributed by atoms with van der Waals surface area (Å²) >= 11 is 0. The third kappa shape index (κ3) is 5.23. The van der Waals surface area contributed by atoms with Crippen LogP contribution in [0.5, 0.6) is 0 Å². The van der Waals surface area contributed by atoms with Crippen LogP contribution >= 0.6 is 0 Å². The molecule has 1 aromatic heterocycles. The predicted molar refractivity (Wildman–Crippen MR) is 285 cm³/mol. The molecule has 14 rings (SSSR count). The predicted octanol–water partition coefficient (Wildman–Crippen LogP) is 17.2. The molecule has 68 heavy (non-hydrogen) atoms. The Morgan fingerprint density at radius 1 is 0.368 bits per heavy atom. The van der Waals surface area contributed by atoms with Gasteiger partial charge in [0.15, 0.2) is 0 Å². The molecule has 2 heteroatoms. The third-order valence-electron chi connectivity index (χ3n) is 15.4. The number of hydrogen-bond donors (Lipinski definition) is 0. The van der Waals surface area contributed by atoms with Gasteiger partial charge in [0.25, 0.3) is 0 Å². The average Bonchev–Trinajstić information content (AvgIpc) is 3.99. The average molecular weight is 867 g/mol. The van der Waals surface area contributed by atoms with Gasteiger partial charge in [-0.1, -0.05) is 208 Å². The van der Waals surface area contributed by atoms with Gasteiger partial charge in [-0.15, -0.1) is 0 Å². The van der Waals surface area contributed by atoms with E-state index in [-0.39, 0.29) is 5.41 Å². The summed E-state index contributed by atoms with van der Waals surface area (Å²) in [7, 11) is 0. The molecule has 0 radical (unpaired) electrons. The number of hydrogen-bond acceptors (Lipinski definition) is 1. The summed E-state index contributed by atoms with van der Waals surface area (Å²) in [5.41, 5.74) is 19.4. The number of anilines is 3. The van der Waals surface area contributed by atoms with E-state index in [1.54, 1.807) is 0 Å². The van der Waals surface area contributed by atoms with Crippen LogP contribution in [0.1, 0.15) is 47.2 Å². The van der Waals surface area contributed by atoms with E-state index in [0.29, 0.717) is 0 Å². The Balaban J connectivity index is 1.00. The van der Waals surface area contributed by atoms with E-state index in [9.17, 15) is 0 Å². The molecule has 0 saturated carbocycles. The van der Waals surface area contributed by atoms with Gasteiger partial charge in [0.05, 0.1) is 16.4 Å². The SMILES string of the molecule is CC1(C)c2ccc(N(c3ccccc3)c3ccc(C4(c5ccccc5)c5ccccc5-c5ccccc54)cc3)cc2-c2c1c1c(c3ccccc23)c2ccc3ccccc3c2n1-c1ccccc1. The van der Waals surface area contributed by atoms with Crippen molar-refractivity contribution in [2.24, 2.45) is 0 Å². The number of aromatic nitrogens is 1. The summed E-state index contributed by atoms with van der Waals surface area (Å²) in [6.45, 7) is 4.87. The highest BCUT2D eigenvalue weighted by molar-refractivity contribution is 6.30. The lowest BCUT2D eigenvalue weighted by Gasteiger charge is -2.34. The first-order valence-electron chi connectivity index (χ1n) is 23.9. The molecule has 0 amide bonds. The minimum Gasteiger partial charge on any atom is -0.310 e. The van der Waals surface area contributed by atoms with Crippen molar-refractivity contribution in [2.75, 3.05) is 4.90 Å². The summed E-state index contributed by atoms with van der Waals surface area (Å²) in [6.07, 6.45) is 0. The molecule has 2 aliphatic rings. The van der Waals surface area contributed by atoms with Crippen LogP contribution in [-0.4, -0.2) is 4.57 Å². The molecule has 1 heterocycles. The fourth-order valence-corrected chi connectivity index (χ4v) is 12.6. The van der Waals surface area contributed by atoms with Crippen molar-refractivity contribution in [1.29, 1.82) is 0 Å². The summed E-state index contributed by atoms with van der Waals surface area (Å²) in [4.78, 5) is 2.44. The Bertz CT molecular complexity index is 3930. The van der Waals surface area contributed by atoms with E-state index in [1.165, 1.54) is 105 Å². The molecule has 0 aliphatic heterocycles. The van der Waals surface area contributed by atoms with Gasteiger partial charge in [0.2, 0.25) is 0 Å². The summed E-state index contributed by atoms with van der Waals surface area (Å²) in [5, 5.41) is 7.68. The molecule has 0 atom stereocenters. The molecular formula is C66H46N2. The molecule has 0 fully saturated rings. The van der Waals surface area contributed by atoms with E-state index in [0.717, 1.165) is 17.1 Å². The molecule has 2 aliphatic carbocycles. The highest BCUT2D eigenvalue weighted by Crippen LogP contribution is 2.59. The van der Waals surface area contributed by atoms with E-state index in [1.807, 2.05) is 0 Å². The van der Waals surface area contributed by atoms with Crippen molar-refractivity contribution < 1.29 is 0 Å². The normalized spacial score (nSPS) is 14.0. The maximum Gasteiger partial charge on any atom is 0.0713 e. The number of fused-ring (bicyclic) bond motifs is 15. The molecule has 0 unspecified atom stereocenters. The first-order valence-corrected chi connectivity index (χ1v) is 23.9. The lowest BCUT2D eigenvalue weighted by molar-refractivity contribution is 0.664. The van der Waals surface area contributed by atoms with Gasteiger partial charge in [-0.3, -0.25) is 0 Å². The number of benzene rings is 11. The van der Waals surface area contributed by atoms with Crippen LogP contribution in [0.3, 0.4) is 0 Å². The fraction of sp³-hybridized carbons (Fsp3) is 0.0606. The zero-order valence-corrected chi connectivity index (χ0v) is 38.0. The van der Waals surface area contributed by atoms with E-state index in [2.05, 4.69) is 266 Å². The van der Waals surface area contributed by atoms with Gasteiger partial charge in [-0.2, -0.15) is 0 Å². The van der Waals surface area contributed by atoms with Gasteiger partial charge in [0.1, 0.15) is 0 Å². The van der Waals surface area contributed by atoms with E-state index < -0.39 is 5.41 Å². The van der Waals surface area contributed by atoms with Crippen LogP contribution < -0.4 is 4.90 Å². The molecule has 11 aromatic carbocycles. The highest BCUT2D eigenvalue weighted by Gasteiger charge is 2.46. The van der Waals surface area contributed by atoms with Crippen molar-refractivity contribution in [3.63, 3.8) is 0 Å². The standard InChI is InChI=1S/C66H46N2/c1-65(2)57-41-39-49(42-56(57)60-53-30-14-15-31-54(53)61-55-40-34-43-20-12-13-27-50(43)63(55)68(64(61)62(60)65)47-25-10-5-11-26-47)67(46-23-8-4-9-24-46)48-37-35-45(36-38-48)66(44-21-6-3-7-22-44)58-32-18-16-28-51(58)52-29-17-19-33-59(52)66/h3-42H,1-2H3. The molecule has 0 spiro atoms. The fourth-order valence-electron chi connectivity index (χ4n) is 12.6. The monoisotopic (exact) mass is 866 g/mol. The largest absolute Gasteiger partial charge is 0.310 e. The number of para-hydroxylation sites is 2. The van der Waals surface area contributed by atoms with Crippen molar-refractivity contribution in [3.05, 3.63) is 276 Å². The van der Waals surface area contributed by atoms with Crippen molar-refractivity contribution in [3.8, 4) is 27.9 Å². The molecule has 320 valence electrons. The lowest BCUT2D eigenvalue weighted by atomic mass is 9.68. The maximum absolute atomic E-state index is 2.58. The van der Waals surface area contributed by atoms with Gasteiger partial charge < -0.3 is 9.47 Å². The zero-order valence-electron chi connectivity index (χ0n) is 38.0. The minimum atomic E-state index is -0.464. The van der Waals surface area contributed by atoms with E-state index >= 15 is 0 Å². The minimum absolute atomic E-state index is 0.305. The second-order valence-electron chi connectivity index (χ2n) is 19.2. The summed E-state index contributed by atoms with van der Waals surface area (Å²) < 4.78 is 2.58. The van der Waals surface area contributed by atoms with Crippen molar-refractivity contribution in [1.82, 2.24) is 4.57 Å². The Morgan fingerprint density at radius 2 is 0.912 bits per heavy atom. The third-order valence-corrected chi connectivity index (χ3v) is 15.4. The Labute approximate surface area is 396 Å². The molecule has 12 aromatic rings. The first-order chi connectivity index (χ1) is 33.5.